The monoisotopic (exact) mass is 419 g/mol. The maximum Gasteiger partial charge on any atom is 0.137 e. The first kappa shape index (κ1) is 16.6. The second-order valence-corrected chi connectivity index (χ2v) is 6.60. The number of rotatable bonds is 5. The van der Waals surface area contributed by atoms with E-state index in [4.69, 9.17) is 0 Å². The normalized spacial score (nSPS) is 12.9. The van der Waals surface area contributed by atoms with E-state index in [0.29, 0.717) is 22.3 Å². The van der Waals surface area contributed by atoms with E-state index < -0.39 is 11.9 Å². The summed E-state index contributed by atoms with van der Waals surface area (Å²) in [6, 6.07) is 4.61. The maximum absolute atomic E-state index is 13.6. The zero-order chi connectivity index (χ0) is 15.6. The number of aliphatic hydroxyl groups excluding tert-OH is 1. The second-order valence-electron chi connectivity index (χ2n) is 4.95. The molecule has 114 valence electrons. The predicted molar refractivity (Wildman–Crippen MR) is 86.6 cm³/mol. The zero-order valence-corrected chi connectivity index (χ0v) is 14.9. The molecule has 0 amide bonds. The highest BCUT2D eigenvalue weighted by atomic mass is 79.9. The Labute approximate surface area is 139 Å². The van der Waals surface area contributed by atoms with Gasteiger partial charge in [0.05, 0.1) is 27.4 Å². The van der Waals surface area contributed by atoms with Crippen molar-refractivity contribution in [3.05, 3.63) is 50.4 Å². The van der Waals surface area contributed by atoms with Crippen molar-refractivity contribution < 1.29 is 9.50 Å². The number of aliphatic hydroxyl groups is 1. The van der Waals surface area contributed by atoms with Gasteiger partial charge in [0.25, 0.3) is 0 Å². The maximum atomic E-state index is 13.6. The number of likely N-dealkylation sites (N-methyl/N-ethyl adjacent to an activating group) is 1. The van der Waals surface area contributed by atoms with Crippen molar-refractivity contribution in [1.29, 1.82) is 0 Å². The van der Waals surface area contributed by atoms with Crippen LogP contribution in [0, 0.1) is 5.82 Å². The van der Waals surface area contributed by atoms with Gasteiger partial charge in [-0.3, -0.25) is 4.68 Å². The van der Waals surface area contributed by atoms with Crippen molar-refractivity contribution in [3.8, 4) is 0 Å². The number of halogens is 3. The number of nitrogens with zero attached hydrogens (tertiary/aromatic N) is 3. The summed E-state index contributed by atoms with van der Waals surface area (Å²) >= 11 is 6.59. The Kier molecular flexibility index (Phi) is 5.54. The van der Waals surface area contributed by atoms with Gasteiger partial charge in [-0.2, -0.15) is 5.10 Å². The van der Waals surface area contributed by atoms with Gasteiger partial charge < -0.3 is 10.0 Å². The Bertz CT molecular complexity index is 631. The first-order chi connectivity index (χ1) is 9.91. The third kappa shape index (κ3) is 3.71. The molecule has 1 aromatic carbocycles. The minimum Gasteiger partial charge on any atom is -0.382 e. The molecule has 1 heterocycles. The van der Waals surface area contributed by atoms with Crippen LogP contribution < -0.4 is 0 Å². The van der Waals surface area contributed by atoms with Crippen LogP contribution in [0.15, 0.2) is 33.3 Å². The Morgan fingerprint density at radius 1 is 1.38 bits per heavy atom. The largest absolute Gasteiger partial charge is 0.382 e. The molecule has 1 atom stereocenters. The molecule has 21 heavy (non-hydrogen) atoms. The third-order valence-corrected chi connectivity index (χ3v) is 4.57. The summed E-state index contributed by atoms with van der Waals surface area (Å²) in [5.41, 5.74) is 1.09. The molecule has 7 heteroatoms. The van der Waals surface area contributed by atoms with E-state index in [-0.39, 0.29) is 4.47 Å². The molecule has 2 aromatic rings. The average Bonchev–Trinajstić information content (AvgIpc) is 2.80. The molecule has 2 rings (SSSR count). The summed E-state index contributed by atoms with van der Waals surface area (Å²) < 4.78 is 16.3. The summed E-state index contributed by atoms with van der Waals surface area (Å²) in [7, 11) is 3.94. The average molecular weight is 421 g/mol. The van der Waals surface area contributed by atoms with Gasteiger partial charge in [0.2, 0.25) is 0 Å². The quantitative estimate of drug-likeness (QED) is 0.807. The molecule has 0 aliphatic rings. The fourth-order valence-corrected chi connectivity index (χ4v) is 2.99. The fraction of sp³-hybridized carbons (Fsp3) is 0.357. The summed E-state index contributed by atoms with van der Waals surface area (Å²) in [5, 5.41) is 14.9. The van der Waals surface area contributed by atoms with Gasteiger partial charge >= 0.3 is 0 Å². The minimum absolute atomic E-state index is 0.268. The Morgan fingerprint density at radius 3 is 2.76 bits per heavy atom. The number of hydrogen-bond acceptors (Lipinski definition) is 3. The van der Waals surface area contributed by atoms with Gasteiger partial charge in [0.15, 0.2) is 0 Å². The van der Waals surface area contributed by atoms with E-state index in [1.165, 1.54) is 6.07 Å². The first-order valence-corrected chi connectivity index (χ1v) is 7.98. The lowest BCUT2D eigenvalue weighted by molar-refractivity contribution is 0.203. The number of hydrogen-bond donors (Lipinski definition) is 1. The van der Waals surface area contributed by atoms with Gasteiger partial charge in [0, 0.05) is 12.1 Å². The van der Waals surface area contributed by atoms with Gasteiger partial charge in [-0.05, 0) is 52.0 Å². The van der Waals surface area contributed by atoms with E-state index in [1.54, 1.807) is 23.0 Å². The Morgan fingerprint density at radius 2 is 2.10 bits per heavy atom. The molecule has 0 aliphatic heterocycles. The highest BCUT2D eigenvalue weighted by Crippen LogP contribution is 2.33. The van der Waals surface area contributed by atoms with Crippen LogP contribution in [0.5, 0.6) is 0 Å². The summed E-state index contributed by atoms with van der Waals surface area (Å²) in [4.78, 5) is 2.03. The van der Waals surface area contributed by atoms with Crippen molar-refractivity contribution in [2.75, 3.05) is 20.6 Å². The lowest BCUT2D eigenvalue weighted by Crippen LogP contribution is -2.21. The van der Waals surface area contributed by atoms with Crippen LogP contribution in [0.3, 0.4) is 0 Å². The van der Waals surface area contributed by atoms with Crippen molar-refractivity contribution in [2.24, 2.45) is 0 Å². The Hall–Kier alpha value is -0.760. The molecule has 1 unspecified atom stereocenters. The summed E-state index contributed by atoms with van der Waals surface area (Å²) in [5.74, 6) is -0.401. The highest BCUT2D eigenvalue weighted by Gasteiger charge is 2.22. The van der Waals surface area contributed by atoms with Crippen LogP contribution in [0.2, 0.25) is 0 Å². The van der Waals surface area contributed by atoms with Crippen LogP contribution in [0.25, 0.3) is 0 Å². The van der Waals surface area contributed by atoms with Crippen molar-refractivity contribution in [2.45, 2.75) is 12.6 Å². The third-order valence-electron chi connectivity index (χ3n) is 3.13. The molecule has 0 spiro atoms. The lowest BCUT2D eigenvalue weighted by atomic mass is 10.1. The van der Waals surface area contributed by atoms with E-state index in [9.17, 15) is 9.50 Å². The van der Waals surface area contributed by atoms with Crippen molar-refractivity contribution >= 4 is 31.9 Å². The molecular weight excluding hydrogens is 405 g/mol. The van der Waals surface area contributed by atoms with Gasteiger partial charge in [0.1, 0.15) is 11.9 Å². The fourth-order valence-electron chi connectivity index (χ4n) is 2.00. The molecule has 0 saturated heterocycles. The van der Waals surface area contributed by atoms with E-state index in [1.807, 2.05) is 19.0 Å². The van der Waals surface area contributed by atoms with Crippen LogP contribution in [0.4, 0.5) is 4.39 Å². The number of benzene rings is 1. The van der Waals surface area contributed by atoms with Gasteiger partial charge in [-0.1, -0.05) is 12.1 Å². The predicted octanol–water partition coefficient (Wildman–Crippen LogP) is 3.19. The minimum atomic E-state index is -0.964. The van der Waals surface area contributed by atoms with Crippen molar-refractivity contribution in [3.63, 3.8) is 0 Å². The molecule has 0 fully saturated rings. The van der Waals surface area contributed by atoms with Crippen LogP contribution in [-0.4, -0.2) is 40.4 Å². The van der Waals surface area contributed by atoms with Gasteiger partial charge in [-0.15, -0.1) is 0 Å². The smallest absolute Gasteiger partial charge is 0.137 e. The Balaban J connectivity index is 2.36. The molecule has 1 N–H and O–H groups in total. The molecule has 4 nitrogen and oxygen atoms in total. The van der Waals surface area contributed by atoms with Crippen LogP contribution >= 0.6 is 31.9 Å². The van der Waals surface area contributed by atoms with Gasteiger partial charge in [-0.25, -0.2) is 4.39 Å². The van der Waals surface area contributed by atoms with Crippen LogP contribution in [-0.2, 0) is 6.54 Å². The van der Waals surface area contributed by atoms with Crippen molar-refractivity contribution in [1.82, 2.24) is 14.7 Å². The molecule has 0 aliphatic carbocycles. The standard InChI is InChI=1S/C14H16Br2FN3O/c1-19(2)6-7-20-13(10(15)8-18-20)14(21)9-4-3-5-11(17)12(9)16/h3-5,8,14,21H,6-7H2,1-2H3. The first-order valence-electron chi connectivity index (χ1n) is 6.39. The molecule has 1 aromatic heterocycles. The molecule has 0 bridgehead atoms. The second kappa shape index (κ2) is 7.00. The van der Waals surface area contributed by atoms with E-state index in [2.05, 4.69) is 37.0 Å². The topological polar surface area (TPSA) is 41.3 Å². The zero-order valence-electron chi connectivity index (χ0n) is 11.7. The number of aromatic nitrogens is 2. The van der Waals surface area contributed by atoms with E-state index in [0.717, 1.165) is 6.54 Å². The molecule has 0 saturated carbocycles. The van der Waals surface area contributed by atoms with E-state index >= 15 is 0 Å². The SMILES string of the molecule is CN(C)CCn1ncc(Br)c1C(O)c1cccc(F)c1Br. The molecule has 0 radical (unpaired) electrons. The lowest BCUT2D eigenvalue weighted by Gasteiger charge is -2.17. The van der Waals surface area contributed by atoms with Crippen LogP contribution in [0.1, 0.15) is 17.4 Å². The molecular formula is C14H16Br2FN3O. The highest BCUT2D eigenvalue weighted by molar-refractivity contribution is 9.10. The summed E-state index contributed by atoms with van der Waals surface area (Å²) in [6.07, 6.45) is 0.677. The summed E-state index contributed by atoms with van der Waals surface area (Å²) in [6.45, 7) is 1.43.